The average Bonchev–Trinajstić information content (AvgIpc) is 2.95. The Morgan fingerprint density at radius 2 is 1.93 bits per heavy atom. The summed E-state index contributed by atoms with van der Waals surface area (Å²) in [5.41, 5.74) is 0.650. The number of fused-ring (bicyclic) bond motifs is 4. The molecule has 1 aromatic heterocycles. The molecule has 7 nitrogen and oxygen atoms in total. The summed E-state index contributed by atoms with van der Waals surface area (Å²) in [7, 11) is 0. The molecule has 0 unspecified atom stereocenters. The number of nitrogens with zero attached hydrogens (tertiary/aromatic N) is 2. The van der Waals surface area contributed by atoms with Gasteiger partial charge in [-0.05, 0) is 37.3 Å². The van der Waals surface area contributed by atoms with E-state index in [1.807, 2.05) is 0 Å². The number of aromatic nitrogens is 1. The zero-order chi connectivity index (χ0) is 20.7. The normalized spacial score (nSPS) is 24.9. The molecule has 2 aliphatic rings. The van der Waals surface area contributed by atoms with Gasteiger partial charge in [0.15, 0.2) is 0 Å². The molecular formula is C21H22FN3O4. The van der Waals surface area contributed by atoms with Crippen LogP contribution in [0.1, 0.15) is 29.0 Å². The molecule has 0 saturated carbocycles. The van der Waals surface area contributed by atoms with Gasteiger partial charge in [-0.25, -0.2) is 4.39 Å². The van der Waals surface area contributed by atoms with Crippen molar-refractivity contribution in [3.05, 3.63) is 69.9 Å². The van der Waals surface area contributed by atoms with Crippen molar-refractivity contribution in [2.45, 2.75) is 25.6 Å². The van der Waals surface area contributed by atoms with Crippen LogP contribution in [0.3, 0.4) is 0 Å². The van der Waals surface area contributed by atoms with Crippen LogP contribution in [0.15, 0.2) is 47.3 Å². The first-order valence-electron chi connectivity index (χ1n) is 9.64. The highest BCUT2D eigenvalue weighted by atomic mass is 19.1. The lowest BCUT2D eigenvalue weighted by Gasteiger charge is -2.38. The molecule has 2 bridgehead atoms. The third-order valence-corrected chi connectivity index (χ3v) is 5.90. The summed E-state index contributed by atoms with van der Waals surface area (Å²) in [6, 6.07) is 8.79. The van der Waals surface area contributed by atoms with Gasteiger partial charge in [0.2, 0.25) is 5.91 Å². The van der Waals surface area contributed by atoms with Crippen LogP contribution in [-0.2, 0) is 11.3 Å². The Labute approximate surface area is 166 Å². The summed E-state index contributed by atoms with van der Waals surface area (Å²) in [6.45, 7) is 2.11. The molecule has 2 N–H and O–H groups in total. The van der Waals surface area contributed by atoms with Crippen LogP contribution < -0.4 is 10.9 Å². The fourth-order valence-corrected chi connectivity index (χ4v) is 4.67. The summed E-state index contributed by atoms with van der Waals surface area (Å²) in [6.07, 6.45) is 0. The Kier molecular flexibility index (Phi) is 4.96. The van der Waals surface area contributed by atoms with Gasteiger partial charge in [-0.15, -0.1) is 0 Å². The molecule has 2 aliphatic heterocycles. The maximum absolute atomic E-state index is 13.4. The van der Waals surface area contributed by atoms with Gasteiger partial charge in [0.1, 0.15) is 5.82 Å². The second-order valence-electron chi connectivity index (χ2n) is 7.40. The SMILES string of the molecule is CCNC(=O)[C@@H]1[C@@H](CO)[C@@H]2Cn3c(cccc3=O)[C@H]1N2C(=O)c1ccc(F)cc1. The van der Waals surface area contributed by atoms with Crippen molar-refractivity contribution in [2.75, 3.05) is 13.2 Å². The Balaban J connectivity index is 1.85. The van der Waals surface area contributed by atoms with Gasteiger partial charge in [0, 0.05) is 42.9 Å². The van der Waals surface area contributed by atoms with E-state index in [1.165, 1.54) is 30.3 Å². The Hall–Kier alpha value is -3.00. The highest BCUT2D eigenvalue weighted by molar-refractivity contribution is 5.96. The predicted molar refractivity (Wildman–Crippen MR) is 103 cm³/mol. The minimum atomic E-state index is -0.691. The largest absolute Gasteiger partial charge is 0.396 e. The smallest absolute Gasteiger partial charge is 0.254 e. The minimum Gasteiger partial charge on any atom is -0.396 e. The number of amides is 2. The van der Waals surface area contributed by atoms with Crippen LogP contribution >= 0.6 is 0 Å². The summed E-state index contributed by atoms with van der Waals surface area (Å²) in [5.74, 6) is -2.28. The zero-order valence-corrected chi connectivity index (χ0v) is 15.9. The van der Waals surface area contributed by atoms with E-state index in [-0.39, 0.29) is 30.5 Å². The van der Waals surface area contributed by atoms with Crippen molar-refractivity contribution >= 4 is 11.8 Å². The van der Waals surface area contributed by atoms with Crippen molar-refractivity contribution in [3.63, 3.8) is 0 Å². The van der Waals surface area contributed by atoms with E-state index in [4.69, 9.17) is 0 Å². The number of aliphatic hydroxyl groups excluding tert-OH is 1. The van der Waals surface area contributed by atoms with E-state index < -0.39 is 29.7 Å². The van der Waals surface area contributed by atoms with Crippen molar-refractivity contribution in [3.8, 4) is 0 Å². The van der Waals surface area contributed by atoms with Crippen molar-refractivity contribution in [2.24, 2.45) is 11.8 Å². The van der Waals surface area contributed by atoms with Gasteiger partial charge in [0.25, 0.3) is 11.5 Å². The fourth-order valence-electron chi connectivity index (χ4n) is 4.67. The molecule has 0 radical (unpaired) electrons. The monoisotopic (exact) mass is 399 g/mol. The van der Waals surface area contributed by atoms with E-state index in [9.17, 15) is 23.9 Å². The molecular weight excluding hydrogens is 377 g/mol. The van der Waals surface area contributed by atoms with E-state index in [2.05, 4.69) is 5.32 Å². The molecule has 29 heavy (non-hydrogen) atoms. The number of pyridine rings is 1. The number of carbonyl (C=O) groups is 2. The van der Waals surface area contributed by atoms with Crippen molar-refractivity contribution in [1.82, 2.24) is 14.8 Å². The van der Waals surface area contributed by atoms with Gasteiger partial charge < -0.3 is 19.9 Å². The highest BCUT2D eigenvalue weighted by Crippen LogP contribution is 2.48. The lowest BCUT2D eigenvalue weighted by atomic mass is 9.86. The molecule has 2 amide bonds. The molecule has 1 aromatic carbocycles. The molecule has 4 atom stereocenters. The average molecular weight is 399 g/mol. The van der Waals surface area contributed by atoms with Gasteiger partial charge in [-0.1, -0.05) is 6.07 Å². The first-order chi connectivity index (χ1) is 14.0. The molecule has 3 heterocycles. The fraction of sp³-hybridized carbons (Fsp3) is 0.381. The van der Waals surface area contributed by atoms with Crippen molar-refractivity contribution < 1.29 is 19.1 Å². The van der Waals surface area contributed by atoms with Crippen LogP contribution in [-0.4, -0.2) is 45.6 Å². The molecule has 152 valence electrons. The van der Waals surface area contributed by atoms with Crippen LogP contribution in [0, 0.1) is 17.7 Å². The molecule has 0 aliphatic carbocycles. The first-order valence-corrected chi connectivity index (χ1v) is 9.64. The number of aliphatic hydroxyl groups is 1. The lowest BCUT2D eigenvalue weighted by molar-refractivity contribution is -0.127. The van der Waals surface area contributed by atoms with Crippen LogP contribution in [0.5, 0.6) is 0 Å². The maximum atomic E-state index is 13.4. The number of benzene rings is 1. The number of nitrogens with one attached hydrogen (secondary N) is 1. The minimum absolute atomic E-state index is 0.194. The second kappa shape index (κ2) is 7.44. The molecule has 0 spiro atoms. The number of hydrogen-bond acceptors (Lipinski definition) is 4. The third-order valence-electron chi connectivity index (χ3n) is 5.90. The van der Waals surface area contributed by atoms with Crippen molar-refractivity contribution in [1.29, 1.82) is 0 Å². The highest BCUT2D eigenvalue weighted by Gasteiger charge is 2.57. The van der Waals surface area contributed by atoms with Crippen LogP contribution in [0.4, 0.5) is 4.39 Å². The Morgan fingerprint density at radius 1 is 1.21 bits per heavy atom. The first kappa shape index (κ1) is 19.3. The van der Waals surface area contributed by atoms with Crippen LogP contribution in [0.2, 0.25) is 0 Å². The summed E-state index contributed by atoms with van der Waals surface area (Å²) >= 11 is 0. The van der Waals surface area contributed by atoms with Gasteiger partial charge in [-0.2, -0.15) is 0 Å². The third kappa shape index (κ3) is 3.04. The number of hydrogen-bond donors (Lipinski definition) is 2. The van der Waals surface area contributed by atoms with Gasteiger partial charge in [0.05, 0.1) is 18.0 Å². The number of rotatable bonds is 4. The lowest BCUT2D eigenvalue weighted by Crippen LogP contribution is -2.49. The molecule has 4 rings (SSSR count). The summed E-state index contributed by atoms with van der Waals surface area (Å²) < 4.78 is 14.9. The zero-order valence-electron chi connectivity index (χ0n) is 15.9. The van der Waals surface area contributed by atoms with E-state index in [1.54, 1.807) is 28.5 Å². The topological polar surface area (TPSA) is 91.6 Å². The maximum Gasteiger partial charge on any atom is 0.254 e. The summed E-state index contributed by atoms with van der Waals surface area (Å²) in [4.78, 5) is 40.3. The van der Waals surface area contributed by atoms with E-state index in [0.717, 1.165) is 0 Å². The quantitative estimate of drug-likeness (QED) is 0.800. The standard InChI is InChI=1S/C21H22FN3O4/c1-2-23-20(28)18-14(11-26)16-10-24-15(4-3-5-17(24)27)19(18)25(16)21(29)12-6-8-13(22)9-7-12/h3-9,14,16,18-19,26H,2,10-11H2,1H3,(H,23,28)/t14-,16-,18+,19+/m0/s1. The molecule has 8 heteroatoms. The Bertz CT molecular complexity index is 1000. The number of halogens is 1. The molecule has 1 saturated heterocycles. The second-order valence-corrected chi connectivity index (χ2v) is 7.40. The van der Waals surface area contributed by atoms with E-state index in [0.29, 0.717) is 17.8 Å². The van der Waals surface area contributed by atoms with Gasteiger partial charge in [-0.3, -0.25) is 14.4 Å². The summed E-state index contributed by atoms with van der Waals surface area (Å²) in [5, 5.41) is 12.9. The predicted octanol–water partition coefficient (Wildman–Crippen LogP) is 0.927. The molecule has 2 aromatic rings. The van der Waals surface area contributed by atoms with Gasteiger partial charge >= 0.3 is 0 Å². The molecule has 1 fully saturated rings. The Morgan fingerprint density at radius 3 is 2.59 bits per heavy atom. The number of carbonyl (C=O) groups excluding carboxylic acids is 2. The van der Waals surface area contributed by atoms with E-state index >= 15 is 0 Å². The van der Waals surface area contributed by atoms with Crippen LogP contribution in [0.25, 0.3) is 0 Å².